The van der Waals surface area contributed by atoms with Crippen LogP contribution >= 0.6 is 11.6 Å². The van der Waals surface area contributed by atoms with Gasteiger partial charge in [-0.2, -0.15) is 0 Å². The van der Waals surface area contributed by atoms with Crippen molar-refractivity contribution in [2.45, 2.75) is 26.3 Å². The quantitative estimate of drug-likeness (QED) is 0.787. The van der Waals surface area contributed by atoms with Crippen LogP contribution in [-0.2, 0) is 4.79 Å². The van der Waals surface area contributed by atoms with E-state index in [9.17, 15) is 9.59 Å². The first-order valence-corrected chi connectivity index (χ1v) is 5.89. The second-order valence-electron chi connectivity index (χ2n) is 3.81. The second kappa shape index (κ2) is 6.26. The van der Waals surface area contributed by atoms with E-state index in [4.69, 9.17) is 16.7 Å². The maximum Gasteiger partial charge on any atom is 0.326 e. The average molecular weight is 271 g/mol. The molecule has 0 aliphatic heterocycles. The number of carbonyl (C=O) groups is 2. The van der Waals surface area contributed by atoms with E-state index < -0.39 is 18.0 Å². The molecular formula is C12H15ClN2O3. The fourth-order valence-corrected chi connectivity index (χ4v) is 1.57. The molecule has 18 heavy (non-hydrogen) atoms. The van der Waals surface area contributed by atoms with Crippen LogP contribution in [0.5, 0.6) is 0 Å². The topological polar surface area (TPSA) is 78.4 Å². The van der Waals surface area contributed by atoms with E-state index >= 15 is 0 Å². The number of carbonyl (C=O) groups excluding carboxylic acids is 1. The number of carboxylic acid groups (broad SMARTS) is 1. The second-order valence-corrected chi connectivity index (χ2v) is 4.22. The Labute approximate surface area is 110 Å². The van der Waals surface area contributed by atoms with Crippen LogP contribution in [0.1, 0.15) is 18.9 Å². The van der Waals surface area contributed by atoms with Crippen molar-refractivity contribution in [2.75, 3.05) is 5.32 Å². The molecule has 1 aromatic carbocycles. The minimum atomic E-state index is -1.06. The summed E-state index contributed by atoms with van der Waals surface area (Å²) in [5.74, 6) is -1.06. The summed E-state index contributed by atoms with van der Waals surface area (Å²) in [6.07, 6.45) is 0.317. The van der Waals surface area contributed by atoms with Gasteiger partial charge in [0.2, 0.25) is 0 Å². The van der Waals surface area contributed by atoms with Crippen LogP contribution in [0.25, 0.3) is 0 Å². The number of halogens is 1. The van der Waals surface area contributed by atoms with Crippen molar-refractivity contribution in [3.05, 3.63) is 28.8 Å². The van der Waals surface area contributed by atoms with Crippen LogP contribution in [-0.4, -0.2) is 23.1 Å². The molecule has 6 heteroatoms. The molecule has 0 bridgehead atoms. The number of aliphatic carboxylic acids is 1. The van der Waals surface area contributed by atoms with Crippen molar-refractivity contribution in [2.24, 2.45) is 0 Å². The zero-order valence-corrected chi connectivity index (χ0v) is 10.9. The third kappa shape index (κ3) is 3.63. The molecular weight excluding hydrogens is 256 g/mol. The van der Waals surface area contributed by atoms with Gasteiger partial charge in [-0.15, -0.1) is 0 Å². The van der Waals surface area contributed by atoms with Gasteiger partial charge in [-0.25, -0.2) is 9.59 Å². The zero-order valence-electron chi connectivity index (χ0n) is 10.2. The monoisotopic (exact) mass is 270 g/mol. The van der Waals surface area contributed by atoms with Crippen molar-refractivity contribution in [3.63, 3.8) is 0 Å². The van der Waals surface area contributed by atoms with Crippen molar-refractivity contribution >= 4 is 29.3 Å². The lowest BCUT2D eigenvalue weighted by molar-refractivity contribution is -0.139. The molecule has 0 spiro atoms. The molecule has 2 amide bonds. The largest absolute Gasteiger partial charge is 0.480 e. The van der Waals surface area contributed by atoms with E-state index in [1.165, 1.54) is 0 Å². The molecule has 3 N–H and O–H groups in total. The van der Waals surface area contributed by atoms with Crippen molar-refractivity contribution in [3.8, 4) is 0 Å². The van der Waals surface area contributed by atoms with Crippen molar-refractivity contribution < 1.29 is 14.7 Å². The van der Waals surface area contributed by atoms with Crippen LogP contribution in [0.4, 0.5) is 10.5 Å². The molecule has 1 rings (SSSR count). The summed E-state index contributed by atoms with van der Waals surface area (Å²) in [6.45, 7) is 3.45. The van der Waals surface area contributed by atoms with Gasteiger partial charge in [-0.1, -0.05) is 24.6 Å². The van der Waals surface area contributed by atoms with Crippen LogP contribution < -0.4 is 10.6 Å². The number of urea groups is 1. The molecule has 0 fully saturated rings. The third-order valence-electron chi connectivity index (χ3n) is 2.53. The Morgan fingerprint density at radius 3 is 2.67 bits per heavy atom. The minimum absolute atomic E-state index is 0.317. The highest BCUT2D eigenvalue weighted by molar-refractivity contribution is 6.31. The number of rotatable bonds is 4. The smallest absolute Gasteiger partial charge is 0.326 e. The predicted octanol–water partition coefficient (Wildman–Crippen LogP) is 2.63. The van der Waals surface area contributed by atoms with Crippen molar-refractivity contribution in [1.29, 1.82) is 0 Å². The number of benzene rings is 1. The maximum absolute atomic E-state index is 11.6. The van der Waals surface area contributed by atoms with Gasteiger partial charge in [-0.3, -0.25) is 0 Å². The highest BCUT2D eigenvalue weighted by atomic mass is 35.5. The first-order valence-electron chi connectivity index (χ1n) is 5.51. The Balaban J connectivity index is 2.70. The predicted molar refractivity (Wildman–Crippen MR) is 70.1 cm³/mol. The summed E-state index contributed by atoms with van der Waals surface area (Å²) in [7, 11) is 0. The first-order chi connectivity index (χ1) is 8.45. The van der Waals surface area contributed by atoms with Crippen LogP contribution in [0.3, 0.4) is 0 Å². The Morgan fingerprint density at radius 1 is 1.44 bits per heavy atom. The zero-order chi connectivity index (χ0) is 13.7. The van der Waals surface area contributed by atoms with E-state index in [1.54, 1.807) is 32.0 Å². The fraction of sp³-hybridized carbons (Fsp3) is 0.333. The van der Waals surface area contributed by atoms with E-state index in [-0.39, 0.29) is 0 Å². The lowest BCUT2D eigenvalue weighted by atomic mass is 10.2. The van der Waals surface area contributed by atoms with Gasteiger partial charge in [0.15, 0.2) is 0 Å². The van der Waals surface area contributed by atoms with Gasteiger partial charge in [0.25, 0.3) is 0 Å². The Bertz CT molecular complexity index is 463. The van der Waals surface area contributed by atoms with Gasteiger partial charge >= 0.3 is 12.0 Å². The molecule has 1 unspecified atom stereocenters. The normalized spacial score (nSPS) is 11.7. The first kappa shape index (κ1) is 14.3. The molecule has 0 heterocycles. The van der Waals surface area contributed by atoms with Gasteiger partial charge in [0, 0.05) is 10.7 Å². The molecule has 0 aliphatic carbocycles. The molecule has 5 nitrogen and oxygen atoms in total. The van der Waals surface area contributed by atoms with E-state index in [1.807, 2.05) is 0 Å². The Hall–Kier alpha value is -1.75. The standard InChI is InChI=1S/C12H15ClN2O3/c1-3-9(11(16)17)14-12(18)15-10-6-4-5-8(13)7(10)2/h4-6,9H,3H2,1-2H3,(H,16,17)(H2,14,15,18). The van der Waals surface area contributed by atoms with Crippen LogP contribution in [0.2, 0.25) is 5.02 Å². The van der Waals surface area contributed by atoms with Crippen molar-refractivity contribution in [1.82, 2.24) is 5.32 Å². The lowest BCUT2D eigenvalue weighted by Crippen LogP contribution is -2.42. The molecule has 0 saturated heterocycles. The number of anilines is 1. The van der Waals surface area contributed by atoms with Crippen LogP contribution in [0, 0.1) is 6.92 Å². The molecule has 1 aromatic rings. The summed E-state index contributed by atoms with van der Waals surface area (Å²) in [5, 5.41) is 14.3. The SMILES string of the molecule is CCC(NC(=O)Nc1cccc(Cl)c1C)C(=O)O. The number of hydrogen-bond acceptors (Lipinski definition) is 2. The highest BCUT2D eigenvalue weighted by Gasteiger charge is 2.17. The molecule has 0 saturated carbocycles. The highest BCUT2D eigenvalue weighted by Crippen LogP contribution is 2.22. The van der Waals surface area contributed by atoms with E-state index in [2.05, 4.69) is 10.6 Å². The fourth-order valence-electron chi connectivity index (χ4n) is 1.40. The maximum atomic E-state index is 11.6. The summed E-state index contributed by atoms with van der Waals surface area (Å²) in [5.41, 5.74) is 1.29. The molecule has 0 aliphatic rings. The van der Waals surface area contributed by atoms with Gasteiger partial charge in [-0.05, 0) is 31.0 Å². The average Bonchev–Trinajstić information content (AvgIpc) is 2.31. The van der Waals surface area contributed by atoms with Gasteiger partial charge in [0.1, 0.15) is 6.04 Å². The summed E-state index contributed by atoms with van der Waals surface area (Å²) < 4.78 is 0. The van der Waals surface area contributed by atoms with E-state index in [0.717, 1.165) is 5.56 Å². The van der Waals surface area contributed by atoms with E-state index in [0.29, 0.717) is 17.1 Å². The molecule has 0 aromatic heterocycles. The third-order valence-corrected chi connectivity index (χ3v) is 2.94. The van der Waals surface area contributed by atoms with Gasteiger partial charge < -0.3 is 15.7 Å². The number of hydrogen-bond donors (Lipinski definition) is 3. The summed E-state index contributed by atoms with van der Waals surface area (Å²) in [6, 6.07) is 3.66. The Morgan fingerprint density at radius 2 is 2.11 bits per heavy atom. The molecule has 0 radical (unpaired) electrons. The minimum Gasteiger partial charge on any atom is -0.480 e. The summed E-state index contributed by atoms with van der Waals surface area (Å²) in [4.78, 5) is 22.4. The Kier molecular flexibility index (Phi) is 4.97. The molecule has 1 atom stereocenters. The van der Waals surface area contributed by atoms with Crippen LogP contribution in [0.15, 0.2) is 18.2 Å². The lowest BCUT2D eigenvalue weighted by Gasteiger charge is -2.14. The number of amides is 2. The van der Waals surface area contributed by atoms with Gasteiger partial charge in [0.05, 0.1) is 0 Å². The summed E-state index contributed by atoms with van der Waals surface area (Å²) >= 11 is 5.91. The number of nitrogens with one attached hydrogen (secondary N) is 2. The number of carboxylic acids is 1. The molecule has 98 valence electrons.